The van der Waals surface area contributed by atoms with Crippen LogP contribution in [0.15, 0.2) is 84.3 Å². The summed E-state index contributed by atoms with van der Waals surface area (Å²) in [6, 6.07) is 10.5. The second-order valence-corrected chi connectivity index (χ2v) is 15.4. The molecule has 18 nitrogen and oxygen atoms in total. The molecule has 0 fully saturated rings. The zero-order valence-corrected chi connectivity index (χ0v) is 29.4. The van der Waals surface area contributed by atoms with Gasteiger partial charge in [0.15, 0.2) is 5.69 Å². The third-order valence-corrected chi connectivity index (χ3v) is 10.1. The summed E-state index contributed by atoms with van der Waals surface area (Å²) in [6.07, 6.45) is -0.106. The molecule has 0 saturated carbocycles. The first kappa shape index (κ1) is 36.9. The van der Waals surface area contributed by atoms with Crippen molar-refractivity contribution in [3.05, 3.63) is 97.4 Å². The minimum atomic E-state index is -4.85. The Morgan fingerprint density at radius 1 is 0.820 bits per heavy atom. The van der Waals surface area contributed by atoms with Gasteiger partial charge < -0.3 is 5.32 Å². The normalized spacial score (nSPS) is 12.5. The van der Waals surface area contributed by atoms with Crippen molar-refractivity contribution in [2.24, 2.45) is 10.2 Å². The quantitative estimate of drug-likeness (QED) is 0.0907. The highest BCUT2D eigenvalue weighted by Gasteiger charge is 2.22. The molecule has 0 amide bonds. The number of hydrogen-bond acceptors (Lipinski definition) is 13. The summed E-state index contributed by atoms with van der Waals surface area (Å²) in [7, 11) is -14.1. The van der Waals surface area contributed by atoms with Gasteiger partial charge in [0.05, 0.1) is 26.3 Å². The maximum Gasteiger partial charge on any atom is 0.299 e. The van der Waals surface area contributed by atoms with Gasteiger partial charge in [0.2, 0.25) is 11.2 Å². The minimum absolute atomic E-state index is 0.0563. The molecule has 5 N–H and O–H groups in total. The second kappa shape index (κ2) is 13.8. The Bertz CT molecular complexity index is 2610. The standard InChI is InChI=1S/C26H19Cl3N8O10S3/c1-12-23(24(38)37(36-12)19-10-17(28)21(11-16(19)27)50(45,46)47)35-34-18-7-13(5-6-20(18)49(42,43)44)8-22-31-25(29)33-26(32-22)30-14-3-2-4-15(9-14)48(39,40)41/h2-7,9-11,36H,8H2,1H3,(H,39,40,41)(H,42,43,44)(H,45,46,47)(H,30,31,32,33). The minimum Gasteiger partial charge on any atom is -0.324 e. The molecule has 0 unspecified atom stereocenters. The maximum absolute atomic E-state index is 13.3. The molecule has 0 radical (unpaired) electrons. The van der Waals surface area contributed by atoms with Crippen molar-refractivity contribution in [2.45, 2.75) is 28.0 Å². The van der Waals surface area contributed by atoms with E-state index in [9.17, 15) is 43.7 Å². The van der Waals surface area contributed by atoms with Gasteiger partial charge in [-0.3, -0.25) is 23.6 Å². The van der Waals surface area contributed by atoms with Crippen LogP contribution < -0.4 is 10.9 Å². The molecule has 2 aromatic heterocycles. The van der Waals surface area contributed by atoms with Crippen LogP contribution in [0.5, 0.6) is 0 Å². The Labute approximate surface area is 297 Å². The summed E-state index contributed by atoms with van der Waals surface area (Å²) in [5.41, 5.74) is -1.08. The summed E-state index contributed by atoms with van der Waals surface area (Å²) >= 11 is 18.2. The molecule has 0 aliphatic carbocycles. The van der Waals surface area contributed by atoms with Crippen molar-refractivity contribution in [1.29, 1.82) is 0 Å². The Kier molecular flexibility index (Phi) is 10.2. The molecule has 0 spiro atoms. The van der Waals surface area contributed by atoms with Crippen molar-refractivity contribution >= 4 is 88.2 Å². The number of aromatic nitrogens is 5. The molecule has 0 saturated heterocycles. The van der Waals surface area contributed by atoms with Crippen molar-refractivity contribution in [3.8, 4) is 5.69 Å². The summed E-state index contributed by atoms with van der Waals surface area (Å²) in [5, 5.41) is 12.2. The molecule has 5 rings (SSSR count). The molecular weight excluding hydrogens is 787 g/mol. The molecule has 0 aliphatic heterocycles. The van der Waals surface area contributed by atoms with Gasteiger partial charge >= 0.3 is 0 Å². The number of nitrogens with one attached hydrogen (secondary N) is 2. The summed E-state index contributed by atoms with van der Waals surface area (Å²) in [5.74, 6) is -0.0453. The summed E-state index contributed by atoms with van der Waals surface area (Å²) in [4.78, 5) is 23.7. The van der Waals surface area contributed by atoms with Crippen LogP contribution in [0.3, 0.4) is 0 Å². The summed E-state index contributed by atoms with van der Waals surface area (Å²) in [6.45, 7) is 1.42. The zero-order valence-electron chi connectivity index (χ0n) is 24.6. The monoisotopic (exact) mass is 804 g/mol. The number of aromatic amines is 1. The molecular formula is C26H19Cl3N8O10S3. The third-order valence-electron chi connectivity index (χ3n) is 6.52. The van der Waals surface area contributed by atoms with E-state index in [1.807, 2.05) is 0 Å². The number of rotatable bonds is 10. The number of benzene rings is 3. The van der Waals surface area contributed by atoms with E-state index in [0.717, 1.165) is 28.9 Å². The predicted molar refractivity (Wildman–Crippen MR) is 179 cm³/mol. The van der Waals surface area contributed by atoms with Crippen molar-refractivity contribution in [2.75, 3.05) is 5.32 Å². The molecule has 2 heterocycles. The maximum atomic E-state index is 13.3. The lowest BCUT2D eigenvalue weighted by Gasteiger charge is -2.09. The molecule has 5 aromatic rings. The third kappa shape index (κ3) is 8.34. The Morgan fingerprint density at radius 3 is 2.18 bits per heavy atom. The van der Waals surface area contributed by atoms with E-state index in [-0.39, 0.29) is 56.2 Å². The Balaban J connectivity index is 1.48. The fourth-order valence-corrected chi connectivity index (χ4v) is 7.00. The average molecular weight is 806 g/mol. The highest BCUT2D eigenvalue weighted by molar-refractivity contribution is 7.86. The van der Waals surface area contributed by atoms with Crippen LogP contribution in [0, 0.1) is 6.92 Å². The Morgan fingerprint density at radius 2 is 1.52 bits per heavy atom. The van der Waals surface area contributed by atoms with Crippen molar-refractivity contribution < 1.29 is 38.9 Å². The largest absolute Gasteiger partial charge is 0.324 e. The molecule has 262 valence electrons. The van der Waals surface area contributed by atoms with Gasteiger partial charge in [-0.15, -0.1) is 10.2 Å². The predicted octanol–water partition coefficient (Wildman–Crippen LogP) is 5.11. The fraction of sp³-hybridized carbons (Fsp3) is 0.0769. The highest BCUT2D eigenvalue weighted by atomic mass is 35.5. The van der Waals surface area contributed by atoms with E-state index in [0.29, 0.717) is 5.56 Å². The SMILES string of the molecule is Cc1[nH]n(-c2cc(Cl)c(S(=O)(=O)O)cc2Cl)c(=O)c1N=Nc1cc(Cc2nc(Cl)nc(Nc3cccc(S(=O)(=O)O)c3)n2)ccc1S(=O)(=O)O. The molecule has 3 aromatic carbocycles. The number of anilines is 2. The van der Waals surface area contributed by atoms with Crippen LogP contribution in [0.25, 0.3) is 5.69 Å². The number of aryl methyl sites for hydroxylation is 1. The van der Waals surface area contributed by atoms with E-state index < -0.39 is 56.4 Å². The van der Waals surface area contributed by atoms with Gasteiger partial charge in [-0.05, 0) is 66.6 Å². The lowest BCUT2D eigenvalue weighted by molar-refractivity contribution is 0.481. The van der Waals surface area contributed by atoms with Gasteiger partial charge in [-0.2, -0.15) is 35.2 Å². The van der Waals surface area contributed by atoms with Gasteiger partial charge in [0.1, 0.15) is 21.3 Å². The van der Waals surface area contributed by atoms with Gasteiger partial charge in [-0.1, -0.05) is 35.3 Å². The molecule has 0 atom stereocenters. The van der Waals surface area contributed by atoms with Crippen LogP contribution in [-0.4, -0.2) is 63.6 Å². The second-order valence-electron chi connectivity index (χ2n) is 10.1. The fourth-order valence-electron chi connectivity index (χ4n) is 4.36. The summed E-state index contributed by atoms with van der Waals surface area (Å²) < 4.78 is 99.8. The van der Waals surface area contributed by atoms with Crippen LogP contribution >= 0.6 is 34.8 Å². The van der Waals surface area contributed by atoms with Crippen LogP contribution in [0.1, 0.15) is 17.1 Å². The average Bonchev–Trinajstić information content (AvgIpc) is 3.27. The molecule has 24 heteroatoms. The van der Waals surface area contributed by atoms with Crippen LogP contribution in [-0.2, 0) is 36.8 Å². The lowest BCUT2D eigenvalue weighted by atomic mass is 10.1. The van der Waals surface area contributed by atoms with Gasteiger partial charge in [0, 0.05) is 12.1 Å². The van der Waals surface area contributed by atoms with E-state index in [1.54, 1.807) is 0 Å². The smallest absolute Gasteiger partial charge is 0.299 e. The van der Waals surface area contributed by atoms with E-state index in [2.05, 4.69) is 35.6 Å². The number of nitrogens with zero attached hydrogens (tertiary/aromatic N) is 6. The first-order chi connectivity index (χ1) is 23.2. The van der Waals surface area contributed by atoms with E-state index in [4.69, 9.17) is 34.8 Å². The van der Waals surface area contributed by atoms with Crippen LogP contribution in [0.2, 0.25) is 15.3 Å². The Hall–Kier alpha value is -4.32. The topological polar surface area (TPSA) is 276 Å². The molecule has 0 bridgehead atoms. The van der Waals surface area contributed by atoms with Gasteiger partial charge in [0.25, 0.3) is 35.9 Å². The van der Waals surface area contributed by atoms with Crippen molar-refractivity contribution in [1.82, 2.24) is 24.7 Å². The number of halogens is 3. The number of azo groups is 1. The van der Waals surface area contributed by atoms with Crippen molar-refractivity contribution in [3.63, 3.8) is 0 Å². The molecule has 50 heavy (non-hydrogen) atoms. The van der Waals surface area contributed by atoms with E-state index in [1.165, 1.54) is 37.3 Å². The first-order valence-corrected chi connectivity index (χ1v) is 18.7. The number of H-pyrrole nitrogens is 1. The van der Waals surface area contributed by atoms with E-state index >= 15 is 0 Å². The zero-order chi connectivity index (χ0) is 36.8. The van der Waals surface area contributed by atoms with Gasteiger partial charge in [-0.25, -0.2) is 9.67 Å². The number of hydrogen-bond donors (Lipinski definition) is 5. The lowest BCUT2D eigenvalue weighted by Crippen LogP contribution is -2.15. The highest BCUT2D eigenvalue weighted by Crippen LogP contribution is 2.32. The first-order valence-electron chi connectivity index (χ1n) is 13.3. The molecule has 0 aliphatic rings. The van der Waals surface area contributed by atoms with Crippen LogP contribution in [0.4, 0.5) is 23.0 Å².